The first kappa shape index (κ1) is 15.3. The molecular weight excluding hydrogens is 293 g/mol. The lowest BCUT2D eigenvalue weighted by Crippen LogP contribution is -2.22. The number of nitrogens with one attached hydrogen (secondary N) is 2. The van der Waals surface area contributed by atoms with Crippen LogP contribution in [0.3, 0.4) is 0 Å². The summed E-state index contributed by atoms with van der Waals surface area (Å²) in [6.07, 6.45) is 8.04. The van der Waals surface area contributed by atoms with E-state index in [1.54, 1.807) is 24.5 Å². The molecule has 2 N–H and O–H groups in total. The number of aromatic nitrogens is 2. The SMILES string of the molecule is O=C(/C=C/c1ccc(F)c(Cl)c1)NCCCc1ncc[nH]1. The molecule has 0 atom stereocenters. The maximum atomic E-state index is 13.0. The molecule has 1 amide bonds. The maximum Gasteiger partial charge on any atom is 0.243 e. The number of halogens is 2. The van der Waals surface area contributed by atoms with Crippen molar-refractivity contribution in [3.63, 3.8) is 0 Å². The van der Waals surface area contributed by atoms with Crippen LogP contribution in [-0.2, 0) is 11.2 Å². The first-order valence-electron chi connectivity index (χ1n) is 6.54. The van der Waals surface area contributed by atoms with E-state index in [0.717, 1.165) is 18.7 Å². The van der Waals surface area contributed by atoms with Gasteiger partial charge < -0.3 is 10.3 Å². The monoisotopic (exact) mass is 307 g/mol. The van der Waals surface area contributed by atoms with Crippen LogP contribution in [-0.4, -0.2) is 22.4 Å². The fraction of sp³-hybridized carbons (Fsp3) is 0.200. The molecule has 4 nitrogen and oxygen atoms in total. The molecule has 2 aromatic rings. The van der Waals surface area contributed by atoms with E-state index in [1.807, 2.05) is 0 Å². The summed E-state index contributed by atoms with van der Waals surface area (Å²) in [6.45, 7) is 0.564. The van der Waals surface area contributed by atoms with E-state index in [2.05, 4.69) is 15.3 Å². The van der Waals surface area contributed by atoms with Crippen LogP contribution in [0, 0.1) is 5.82 Å². The third-order valence-corrected chi connectivity index (χ3v) is 3.10. The maximum absolute atomic E-state index is 13.0. The highest BCUT2D eigenvalue weighted by Gasteiger charge is 2.00. The summed E-state index contributed by atoms with van der Waals surface area (Å²) in [5, 5.41) is 2.80. The molecule has 1 aromatic heterocycles. The number of aromatic amines is 1. The van der Waals surface area contributed by atoms with Crippen molar-refractivity contribution in [2.75, 3.05) is 6.54 Å². The van der Waals surface area contributed by atoms with Crippen molar-refractivity contribution in [3.8, 4) is 0 Å². The van der Waals surface area contributed by atoms with Gasteiger partial charge in [0.15, 0.2) is 0 Å². The molecule has 6 heteroatoms. The zero-order chi connectivity index (χ0) is 15.1. The van der Waals surface area contributed by atoms with Crippen LogP contribution in [0.2, 0.25) is 5.02 Å². The van der Waals surface area contributed by atoms with Gasteiger partial charge in [0.2, 0.25) is 5.91 Å². The molecule has 110 valence electrons. The number of rotatable bonds is 6. The molecule has 0 aliphatic carbocycles. The van der Waals surface area contributed by atoms with E-state index >= 15 is 0 Å². The van der Waals surface area contributed by atoms with Gasteiger partial charge in [-0.15, -0.1) is 0 Å². The zero-order valence-corrected chi connectivity index (χ0v) is 12.0. The van der Waals surface area contributed by atoms with Crippen LogP contribution in [0.15, 0.2) is 36.7 Å². The summed E-state index contributed by atoms with van der Waals surface area (Å²) < 4.78 is 13.0. The van der Waals surface area contributed by atoms with Crippen molar-refractivity contribution in [1.29, 1.82) is 0 Å². The minimum absolute atomic E-state index is 0.0380. The highest BCUT2D eigenvalue weighted by molar-refractivity contribution is 6.30. The number of imidazole rings is 1. The molecule has 1 heterocycles. The molecule has 2 rings (SSSR count). The van der Waals surface area contributed by atoms with E-state index in [1.165, 1.54) is 18.2 Å². The minimum Gasteiger partial charge on any atom is -0.353 e. The van der Waals surface area contributed by atoms with E-state index in [4.69, 9.17) is 11.6 Å². The minimum atomic E-state index is -0.476. The van der Waals surface area contributed by atoms with Gasteiger partial charge >= 0.3 is 0 Å². The highest BCUT2D eigenvalue weighted by atomic mass is 35.5. The lowest BCUT2D eigenvalue weighted by molar-refractivity contribution is -0.116. The Balaban J connectivity index is 1.73. The Morgan fingerprint density at radius 1 is 1.48 bits per heavy atom. The Bertz CT molecular complexity index is 626. The number of aryl methyl sites for hydroxylation is 1. The predicted octanol–water partition coefficient (Wildman–Crippen LogP) is 2.96. The van der Waals surface area contributed by atoms with Gasteiger partial charge in [-0.05, 0) is 30.2 Å². The lowest BCUT2D eigenvalue weighted by Gasteiger charge is -2.01. The average Bonchev–Trinajstić information content (AvgIpc) is 2.98. The van der Waals surface area contributed by atoms with Crippen LogP contribution in [0.25, 0.3) is 6.08 Å². The van der Waals surface area contributed by atoms with Crippen molar-refractivity contribution in [3.05, 3.63) is 58.9 Å². The number of hydrogen-bond acceptors (Lipinski definition) is 2. The molecule has 1 aromatic carbocycles. The van der Waals surface area contributed by atoms with Crippen LogP contribution < -0.4 is 5.32 Å². The summed E-state index contributed by atoms with van der Waals surface area (Å²) >= 11 is 5.66. The quantitative estimate of drug-likeness (QED) is 0.637. The van der Waals surface area contributed by atoms with Crippen LogP contribution in [0.1, 0.15) is 17.8 Å². The van der Waals surface area contributed by atoms with Crippen molar-refractivity contribution < 1.29 is 9.18 Å². The number of hydrogen-bond donors (Lipinski definition) is 2. The number of carbonyl (C=O) groups is 1. The van der Waals surface area contributed by atoms with Gasteiger partial charge in [-0.25, -0.2) is 9.37 Å². The third kappa shape index (κ3) is 5.04. The zero-order valence-electron chi connectivity index (χ0n) is 11.3. The Morgan fingerprint density at radius 2 is 2.33 bits per heavy atom. The van der Waals surface area contributed by atoms with Crippen LogP contribution in [0.4, 0.5) is 4.39 Å². The van der Waals surface area contributed by atoms with Crippen molar-refractivity contribution >= 4 is 23.6 Å². The van der Waals surface area contributed by atoms with Gasteiger partial charge in [0.25, 0.3) is 0 Å². The first-order chi connectivity index (χ1) is 10.1. The molecule has 0 radical (unpaired) electrons. The van der Waals surface area contributed by atoms with Gasteiger partial charge in [-0.3, -0.25) is 4.79 Å². The summed E-state index contributed by atoms with van der Waals surface area (Å²) in [4.78, 5) is 18.7. The second-order valence-electron chi connectivity index (χ2n) is 4.44. The fourth-order valence-electron chi connectivity index (χ4n) is 1.75. The van der Waals surface area contributed by atoms with Crippen LogP contribution >= 0.6 is 11.6 Å². The summed E-state index contributed by atoms with van der Waals surface area (Å²) in [7, 11) is 0. The number of nitrogens with zero attached hydrogens (tertiary/aromatic N) is 1. The van der Waals surface area contributed by atoms with Crippen molar-refractivity contribution in [2.24, 2.45) is 0 Å². The Hall–Kier alpha value is -2.14. The van der Waals surface area contributed by atoms with Crippen LogP contribution in [0.5, 0.6) is 0 Å². The number of carbonyl (C=O) groups excluding carboxylic acids is 1. The molecule has 0 saturated carbocycles. The smallest absolute Gasteiger partial charge is 0.243 e. The normalized spacial score (nSPS) is 11.0. The standard InChI is InChI=1S/C15H15ClFN3O/c16-12-10-11(3-5-13(12)17)4-6-15(21)20-7-1-2-14-18-8-9-19-14/h3-6,8-10H,1-2,7H2,(H,18,19)(H,20,21)/b6-4+. The summed E-state index contributed by atoms with van der Waals surface area (Å²) in [6, 6.07) is 4.29. The molecule has 0 spiro atoms. The largest absolute Gasteiger partial charge is 0.353 e. The molecule has 0 saturated heterocycles. The second-order valence-corrected chi connectivity index (χ2v) is 4.84. The van der Waals surface area contributed by atoms with Gasteiger partial charge in [0, 0.05) is 31.4 Å². The van der Waals surface area contributed by atoms with Crippen molar-refractivity contribution in [1.82, 2.24) is 15.3 Å². The summed E-state index contributed by atoms with van der Waals surface area (Å²) in [5.74, 6) is 0.229. The van der Waals surface area contributed by atoms with E-state index in [0.29, 0.717) is 12.1 Å². The molecular formula is C15H15ClFN3O. The van der Waals surface area contributed by atoms with E-state index in [-0.39, 0.29) is 10.9 Å². The predicted molar refractivity (Wildman–Crippen MR) is 80.4 cm³/mol. The lowest BCUT2D eigenvalue weighted by atomic mass is 10.2. The molecule has 0 aliphatic rings. The van der Waals surface area contributed by atoms with Gasteiger partial charge in [-0.1, -0.05) is 17.7 Å². The topological polar surface area (TPSA) is 57.8 Å². The molecule has 0 unspecified atom stereocenters. The molecule has 0 bridgehead atoms. The number of benzene rings is 1. The molecule has 21 heavy (non-hydrogen) atoms. The Labute approximate surface area is 127 Å². The number of amides is 1. The Kier molecular flexibility index (Phi) is 5.51. The Morgan fingerprint density at radius 3 is 3.05 bits per heavy atom. The fourth-order valence-corrected chi connectivity index (χ4v) is 1.94. The molecule has 0 fully saturated rings. The van der Waals surface area contributed by atoms with Gasteiger partial charge in [-0.2, -0.15) is 0 Å². The van der Waals surface area contributed by atoms with Gasteiger partial charge in [0.05, 0.1) is 5.02 Å². The van der Waals surface area contributed by atoms with Gasteiger partial charge in [0.1, 0.15) is 11.6 Å². The average molecular weight is 308 g/mol. The van der Waals surface area contributed by atoms with Crippen molar-refractivity contribution in [2.45, 2.75) is 12.8 Å². The van der Waals surface area contributed by atoms with E-state index < -0.39 is 5.82 Å². The number of H-pyrrole nitrogens is 1. The molecule has 0 aliphatic heterocycles. The highest BCUT2D eigenvalue weighted by Crippen LogP contribution is 2.16. The first-order valence-corrected chi connectivity index (χ1v) is 6.92. The summed E-state index contributed by atoms with van der Waals surface area (Å²) in [5.41, 5.74) is 0.673. The van der Waals surface area contributed by atoms with E-state index in [9.17, 15) is 9.18 Å². The third-order valence-electron chi connectivity index (χ3n) is 2.82. The second kappa shape index (κ2) is 7.59.